The van der Waals surface area contributed by atoms with Crippen molar-refractivity contribution >= 4 is 39.5 Å². The third kappa shape index (κ3) is 70.3. The lowest BCUT2D eigenvalue weighted by atomic mass is 10.0. The van der Waals surface area contributed by atoms with Gasteiger partial charge in [-0.05, 0) is 43.4 Å². The van der Waals surface area contributed by atoms with Gasteiger partial charge >= 0.3 is 39.5 Å². The van der Waals surface area contributed by atoms with Gasteiger partial charge in [0.2, 0.25) is 0 Å². The predicted octanol–water partition coefficient (Wildman–Crippen LogP) is 22.2. The lowest BCUT2D eigenvalue weighted by Gasteiger charge is -2.21. The molecule has 0 aromatic rings. The number of ether oxygens (including phenoxy) is 4. The van der Waals surface area contributed by atoms with Crippen molar-refractivity contribution in [3.63, 3.8) is 0 Å². The fourth-order valence-corrected chi connectivity index (χ4v) is 13.2. The molecule has 2 unspecified atom stereocenters. The van der Waals surface area contributed by atoms with Crippen molar-refractivity contribution in [2.45, 2.75) is 407 Å². The third-order valence-corrected chi connectivity index (χ3v) is 19.5. The van der Waals surface area contributed by atoms with E-state index in [0.717, 1.165) is 114 Å². The second-order valence-corrected chi connectivity index (χ2v) is 31.7. The van der Waals surface area contributed by atoms with E-state index in [0.29, 0.717) is 25.7 Å². The number of phosphoric acid groups is 2. The second-order valence-electron chi connectivity index (χ2n) is 28.8. The summed E-state index contributed by atoms with van der Waals surface area (Å²) in [6.07, 6.45) is 52.9. The Morgan fingerprint density at radius 1 is 0.284 bits per heavy atom. The van der Waals surface area contributed by atoms with E-state index in [1.807, 2.05) is 0 Å². The first kappa shape index (κ1) is 93.1. The summed E-state index contributed by atoms with van der Waals surface area (Å²) in [7, 11) is -9.91. The van der Waals surface area contributed by atoms with Gasteiger partial charge in [0.05, 0.1) is 26.4 Å². The van der Waals surface area contributed by atoms with Crippen LogP contribution in [0.1, 0.15) is 389 Å². The molecule has 0 aliphatic rings. The summed E-state index contributed by atoms with van der Waals surface area (Å²) in [5, 5.41) is 10.6. The van der Waals surface area contributed by atoms with Crippen LogP contribution in [0.3, 0.4) is 0 Å². The third-order valence-electron chi connectivity index (χ3n) is 17.6. The van der Waals surface area contributed by atoms with Crippen LogP contribution in [-0.4, -0.2) is 96.7 Å². The summed E-state index contributed by atoms with van der Waals surface area (Å²) in [5.41, 5.74) is 0. The summed E-state index contributed by atoms with van der Waals surface area (Å²) in [4.78, 5) is 72.7. The number of phosphoric ester groups is 2. The molecule has 564 valence electrons. The van der Waals surface area contributed by atoms with E-state index in [-0.39, 0.29) is 25.7 Å². The first-order valence-electron chi connectivity index (χ1n) is 39.3. The minimum atomic E-state index is -4.96. The Hall–Kier alpha value is -1.94. The zero-order valence-electron chi connectivity index (χ0n) is 62.1. The number of aliphatic hydroxyl groups excluding tert-OH is 1. The smallest absolute Gasteiger partial charge is 0.462 e. The summed E-state index contributed by atoms with van der Waals surface area (Å²) in [6.45, 7) is 11.9. The topological polar surface area (TPSA) is 237 Å². The molecule has 19 heteroatoms. The van der Waals surface area contributed by atoms with Crippen molar-refractivity contribution < 1.29 is 80.2 Å². The van der Waals surface area contributed by atoms with Crippen molar-refractivity contribution in [1.29, 1.82) is 0 Å². The molecule has 17 nitrogen and oxygen atoms in total. The molecule has 5 atom stereocenters. The maximum atomic E-state index is 13.1. The van der Waals surface area contributed by atoms with Crippen molar-refractivity contribution in [3.05, 3.63) is 0 Å². The predicted molar refractivity (Wildman–Crippen MR) is 386 cm³/mol. The molecule has 95 heavy (non-hydrogen) atoms. The van der Waals surface area contributed by atoms with Crippen LogP contribution in [0.4, 0.5) is 0 Å². The Labute approximate surface area is 581 Å². The zero-order valence-corrected chi connectivity index (χ0v) is 63.9. The van der Waals surface area contributed by atoms with Gasteiger partial charge in [-0.2, -0.15) is 0 Å². The second kappa shape index (κ2) is 66.6. The van der Waals surface area contributed by atoms with Crippen molar-refractivity contribution in [2.75, 3.05) is 39.6 Å². The highest BCUT2D eigenvalue weighted by Crippen LogP contribution is 2.45. The van der Waals surface area contributed by atoms with E-state index >= 15 is 0 Å². The van der Waals surface area contributed by atoms with Gasteiger partial charge in [-0.1, -0.05) is 337 Å². The molecule has 0 spiro atoms. The Bertz CT molecular complexity index is 1850. The van der Waals surface area contributed by atoms with Crippen molar-refractivity contribution in [2.24, 2.45) is 17.8 Å². The molecule has 0 aliphatic carbocycles. The summed E-state index contributed by atoms with van der Waals surface area (Å²) in [6, 6.07) is 0. The van der Waals surface area contributed by atoms with Crippen LogP contribution in [0.2, 0.25) is 0 Å². The fraction of sp³-hybridized carbons (Fsp3) is 0.947. The minimum Gasteiger partial charge on any atom is -0.462 e. The quantitative estimate of drug-likeness (QED) is 0.0222. The van der Waals surface area contributed by atoms with Gasteiger partial charge in [-0.15, -0.1) is 0 Å². The van der Waals surface area contributed by atoms with Crippen LogP contribution >= 0.6 is 15.6 Å². The molecule has 0 heterocycles. The molecule has 0 aromatic heterocycles. The van der Waals surface area contributed by atoms with Crippen LogP contribution in [0, 0.1) is 17.8 Å². The van der Waals surface area contributed by atoms with Crippen LogP contribution in [0.5, 0.6) is 0 Å². The molecule has 3 N–H and O–H groups in total. The van der Waals surface area contributed by atoms with Crippen LogP contribution in [0.25, 0.3) is 0 Å². The lowest BCUT2D eigenvalue weighted by Crippen LogP contribution is -2.30. The normalized spacial score (nSPS) is 14.1. The highest BCUT2D eigenvalue weighted by atomic mass is 31.2. The van der Waals surface area contributed by atoms with Crippen molar-refractivity contribution in [3.8, 4) is 0 Å². The number of hydrogen-bond donors (Lipinski definition) is 3. The van der Waals surface area contributed by atoms with Gasteiger partial charge in [0.15, 0.2) is 12.2 Å². The molecule has 0 amide bonds. The summed E-state index contributed by atoms with van der Waals surface area (Å²) < 4.78 is 68.4. The molecule has 0 fully saturated rings. The molecule has 0 saturated carbocycles. The Morgan fingerprint density at radius 2 is 0.484 bits per heavy atom. The van der Waals surface area contributed by atoms with E-state index in [1.165, 1.54) is 193 Å². The molecular formula is C76H148O17P2. The molecule has 0 rings (SSSR count). The van der Waals surface area contributed by atoms with Gasteiger partial charge < -0.3 is 33.8 Å². The number of unbranched alkanes of at least 4 members (excludes halogenated alkanes) is 42. The average molecular weight is 1400 g/mol. The first-order chi connectivity index (χ1) is 45.7. The van der Waals surface area contributed by atoms with Gasteiger partial charge in [0.1, 0.15) is 19.3 Å². The van der Waals surface area contributed by atoms with Crippen LogP contribution in [-0.2, 0) is 65.4 Å². The number of carbonyl (C=O) groups is 4. The average Bonchev–Trinajstić information content (AvgIpc) is 1.40. The molecular weight excluding hydrogens is 1250 g/mol. The van der Waals surface area contributed by atoms with Crippen molar-refractivity contribution in [1.82, 2.24) is 0 Å². The number of rotatable bonds is 74. The number of hydrogen-bond acceptors (Lipinski definition) is 15. The van der Waals surface area contributed by atoms with Gasteiger partial charge in [-0.3, -0.25) is 37.3 Å². The van der Waals surface area contributed by atoms with E-state index in [4.69, 9.17) is 37.0 Å². The van der Waals surface area contributed by atoms with Gasteiger partial charge in [0, 0.05) is 25.7 Å². The highest BCUT2D eigenvalue weighted by Gasteiger charge is 2.30. The highest BCUT2D eigenvalue weighted by molar-refractivity contribution is 7.47. The van der Waals surface area contributed by atoms with Crippen LogP contribution in [0.15, 0.2) is 0 Å². The molecule has 0 bridgehead atoms. The van der Waals surface area contributed by atoms with Gasteiger partial charge in [-0.25, -0.2) is 9.13 Å². The SMILES string of the molecule is CCCCCCCCCCC(=O)OC[C@H](COP(=O)(O)OC[C@H](O)COP(=O)(O)OC[C@@H](COC(=O)CCCCCCCCCCCCCCCCC(C)C)OC(=O)CCCCCCCCCCCCCCCCCCC(C)C)OC(=O)CCCCCCCCCCC(C)C. The maximum Gasteiger partial charge on any atom is 0.472 e. The summed E-state index contributed by atoms with van der Waals surface area (Å²) in [5.74, 6) is 0.205. The van der Waals surface area contributed by atoms with E-state index in [1.54, 1.807) is 0 Å². The zero-order chi connectivity index (χ0) is 70.1. The fourth-order valence-electron chi connectivity index (χ4n) is 11.6. The van der Waals surface area contributed by atoms with E-state index in [2.05, 4.69) is 48.5 Å². The minimum absolute atomic E-state index is 0.104. The molecule has 0 saturated heterocycles. The van der Waals surface area contributed by atoms with Crippen LogP contribution < -0.4 is 0 Å². The van der Waals surface area contributed by atoms with E-state index < -0.39 is 97.5 Å². The largest absolute Gasteiger partial charge is 0.472 e. The number of esters is 4. The Morgan fingerprint density at radius 3 is 0.716 bits per heavy atom. The first-order valence-corrected chi connectivity index (χ1v) is 42.3. The number of aliphatic hydroxyl groups is 1. The Kier molecular flexibility index (Phi) is 65.2. The lowest BCUT2D eigenvalue weighted by molar-refractivity contribution is -0.161. The monoisotopic (exact) mass is 1400 g/mol. The molecule has 0 aromatic carbocycles. The number of carbonyl (C=O) groups excluding carboxylic acids is 4. The standard InChI is InChI=1S/C76H148O17P2/c1-8-9-10-11-12-36-43-50-57-73(78)86-63-71(93-76(81)60-53-46-39-32-31-35-42-49-56-69(6)7)65-90-94(82,83)88-61-70(77)62-89-95(84,85)91-66-72(64-87-74(79)58-51-44-37-29-25-21-18-17-20-24-28-34-41-48-55-68(4)5)92-75(80)59-52-45-38-30-26-22-16-14-13-15-19-23-27-33-40-47-54-67(2)3/h67-72,77H,8-66H2,1-7H3,(H,82,83)(H,84,85)/t70-,71+,72+/m0/s1. The molecule has 0 aliphatic heterocycles. The Balaban J connectivity index is 5.20. The van der Waals surface area contributed by atoms with E-state index in [9.17, 15) is 43.2 Å². The maximum absolute atomic E-state index is 13.1. The molecule has 0 radical (unpaired) electrons. The summed E-state index contributed by atoms with van der Waals surface area (Å²) >= 11 is 0. The van der Waals surface area contributed by atoms with Gasteiger partial charge in [0.25, 0.3) is 0 Å².